The van der Waals surface area contributed by atoms with E-state index in [1.165, 1.54) is 0 Å². The van der Waals surface area contributed by atoms with Crippen molar-refractivity contribution in [1.82, 2.24) is 25.4 Å². The van der Waals surface area contributed by atoms with Crippen molar-refractivity contribution in [3.05, 3.63) is 34.6 Å². The maximum Gasteiger partial charge on any atom is 0.240 e. The van der Waals surface area contributed by atoms with Gasteiger partial charge in [0.2, 0.25) is 11.8 Å². The van der Waals surface area contributed by atoms with Gasteiger partial charge in [-0.25, -0.2) is 0 Å². The van der Waals surface area contributed by atoms with Crippen molar-refractivity contribution >= 4 is 24.0 Å². The van der Waals surface area contributed by atoms with E-state index in [-0.39, 0.29) is 24.9 Å². The Labute approximate surface area is 139 Å². The molecule has 0 fully saturated rings. The minimum Gasteiger partial charge on any atom is -0.355 e. The fourth-order valence-corrected chi connectivity index (χ4v) is 2.22. The lowest BCUT2D eigenvalue weighted by atomic mass is 10.1. The van der Waals surface area contributed by atoms with Crippen LogP contribution in [0.25, 0.3) is 11.4 Å². The quantitative estimate of drug-likeness (QED) is 0.692. The van der Waals surface area contributed by atoms with Gasteiger partial charge in [-0.15, -0.1) is 0 Å². The van der Waals surface area contributed by atoms with Crippen LogP contribution in [0.2, 0.25) is 0 Å². The average Bonchev–Trinajstić information content (AvgIpc) is 2.88. The number of aryl methyl sites for hydroxylation is 1. The molecule has 0 saturated heterocycles. The Morgan fingerprint density at radius 2 is 1.91 bits per heavy atom. The molecule has 0 aliphatic rings. The van der Waals surface area contributed by atoms with Gasteiger partial charge in [0, 0.05) is 12.1 Å². The normalized spacial score (nSPS) is 10.3. The van der Waals surface area contributed by atoms with Crippen molar-refractivity contribution in [2.75, 3.05) is 13.1 Å². The van der Waals surface area contributed by atoms with Gasteiger partial charge in [0.1, 0.15) is 6.54 Å². The van der Waals surface area contributed by atoms with Gasteiger partial charge in [-0.1, -0.05) is 29.8 Å². The molecule has 7 nitrogen and oxygen atoms in total. The molecule has 1 heterocycles. The monoisotopic (exact) mass is 333 g/mol. The van der Waals surface area contributed by atoms with E-state index in [1.54, 1.807) is 4.57 Å². The number of benzene rings is 1. The molecular weight excluding hydrogens is 314 g/mol. The Bertz CT molecular complexity index is 748. The van der Waals surface area contributed by atoms with Gasteiger partial charge in [-0.2, -0.15) is 5.10 Å². The van der Waals surface area contributed by atoms with Crippen molar-refractivity contribution < 1.29 is 9.59 Å². The molecule has 1 aromatic heterocycles. The SMILES string of the molecule is CCNC(=O)CNC(=O)Cn1c(-c2ccc(C)cc2)n[nH]c1=S. The summed E-state index contributed by atoms with van der Waals surface area (Å²) in [4.78, 5) is 23.4. The molecule has 0 saturated carbocycles. The Hall–Kier alpha value is -2.48. The summed E-state index contributed by atoms with van der Waals surface area (Å²) >= 11 is 5.18. The summed E-state index contributed by atoms with van der Waals surface area (Å²) in [5.41, 5.74) is 1.99. The standard InChI is InChI=1S/C15H19N5O2S/c1-3-16-12(21)8-17-13(22)9-20-14(18-19-15(20)23)11-6-4-10(2)5-7-11/h4-7H,3,8-9H2,1-2H3,(H,16,21)(H,17,22)(H,19,23). The van der Waals surface area contributed by atoms with E-state index in [0.717, 1.165) is 11.1 Å². The fourth-order valence-electron chi connectivity index (χ4n) is 2.03. The molecule has 0 radical (unpaired) electrons. The summed E-state index contributed by atoms with van der Waals surface area (Å²) in [6.45, 7) is 4.28. The van der Waals surface area contributed by atoms with Crippen LogP contribution in [0.3, 0.4) is 0 Å². The lowest BCUT2D eigenvalue weighted by Gasteiger charge is -2.08. The molecule has 0 unspecified atom stereocenters. The van der Waals surface area contributed by atoms with Crippen LogP contribution in [0.4, 0.5) is 0 Å². The second-order valence-corrected chi connectivity index (χ2v) is 5.42. The molecule has 2 amide bonds. The maximum atomic E-state index is 12.0. The van der Waals surface area contributed by atoms with E-state index in [2.05, 4.69) is 20.8 Å². The minimum absolute atomic E-state index is 0.00204. The van der Waals surface area contributed by atoms with Crippen molar-refractivity contribution in [3.63, 3.8) is 0 Å². The van der Waals surface area contributed by atoms with E-state index >= 15 is 0 Å². The number of likely N-dealkylation sites (N-methyl/N-ethyl adjacent to an activating group) is 1. The van der Waals surface area contributed by atoms with E-state index in [0.29, 0.717) is 17.1 Å². The first-order valence-electron chi connectivity index (χ1n) is 7.27. The van der Waals surface area contributed by atoms with Crippen LogP contribution < -0.4 is 10.6 Å². The van der Waals surface area contributed by atoms with E-state index in [9.17, 15) is 9.59 Å². The summed E-state index contributed by atoms with van der Waals surface area (Å²) in [5.74, 6) is 0.0562. The zero-order valence-electron chi connectivity index (χ0n) is 13.0. The van der Waals surface area contributed by atoms with Crippen molar-refractivity contribution in [2.24, 2.45) is 0 Å². The number of carbonyl (C=O) groups excluding carboxylic acids is 2. The fraction of sp³-hybridized carbons (Fsp3) is 0.333. The Kier molecular flexibility index (Phi) is 5.64. The van der Waals surface area contributed by atoms with E-state index in [1.807, 2.05) is 38.1 Å². The third kappa shape index (κ3) is 4.49. The van der Waals surface area contributed by atoms with Crippen LogP contribution in [-0.4, -0.2) is 39.7 Å². The third-order valence-electron chi connectivity index (χ3n) is 3.19. The minimum atomic E-state index is -0.304. The molecule has 0 bridgehead atoms. The van der Waals surface area contributed by atoms with Gasteiger partial charge >= 0.3 is 0 Å². The lowest BCUT2D eigenvalue weighted by Crippen LogP contribution is -2.38. The maximum absolute atomic E-state index is 12.0. The second-order valence-electron chi connectivity index (χ2n) is 5.03. The number of aromatic nitrogens is 3. The number of amides is 2. The van der Waals surface area contributed by atoms with Gasteiger partial charge < -0.3 is 10.6 Å². The van der Waals surface area contributed by atoms with Crippen LogP contribution in [0.1, 0.15) is 12.5 Å². The van der Waals surface area contributed by atoms with Crippen LogP contribution in [0.15, 0.2) is 24.3 Å². The summed E-state index contributed by atoms with van der Waals surface area (Å²) in [6, 6.07) is 7.77. The van der Waals surface area contributed by atoms with Gasteiger partial charge in [0.15, 0.2) is 10.6 Å². The van der Waals surface area contributed by atoms with Crippen LogP contribution in [-0.2, 0) is 16.1 Å². The Morgan fingerprint density at radius 1 is 1.22 bits per heavy atom. The lowest BCUT2D eigenvalue weighted by molar-refractivity contribution is -0.126. The molecule has 1 aromatic carbocycles. The van der Waals surface area contributed by atoms with Gasteiger partial charge in [0.25, 0.3) is 0 Å². The number of H-pyrrole nitrogens is 1. The van der Waals surface area contributed by atoms with Gasteiger partial charge in [0.05, 0.1) is 6.54 Å². The number of hydrogen-bond donors (Lipinski definition) is 3. The molecule has 23 heavy (non-hydrogen) atoms. The molecule has 8 heteroatoms. The third-order valence-corrected chi connectivity index (χ3v) is 3.50. The number of rotatable bonds is 6. The highest BCUT2D eigenvalue weighted by Gasteiger charge is 2.12. The van der Waals surface area contributed by atoms with Gasteiger partial charge in [-0.05, 0) is 26.1 Å². The number of aromatic amines is 1. The first-order chi connectivity index (χ1) is 11.0. The first kappa shape index (κ1) is 16.9. The highest BCUT2D eigenvalue weighted by atomic mass is 32.1. The van der Waals surface area contributed by atoms with Crippen molar-refractivity contribution in [2.45, 2.75) is 20.4 Å². The summed E-state index contributed by atoms with van der Waals surface area (Å²) < 4.78 is 1.96. The number of hydrogen-bond acceptors (Lipinski definition) is 4. The Balaban J connectivity index is 2.10. The number of nitrogens with one attached hydrogen (secondary N) is 3. The first-order valence-corrected chi connectivity index (χ1v) is 7.67. The predicted molar refractivity (Wildman–Crippen MR) is 89.3 cm³/mol. The zero-order chi connectivity index (χ0) is 16.8. The highest BCUT2D eigenvalue weighted by molar-refractivity contribution is 7.71. The summed E-state index contributed by atoms with van der Waals surface area (Å²) in [6.07, 6.45) is 0. The Morgan fingerprint density at radius 3 is 2.57 bits per heavy atom. The number of nitrogens with zero attached hydrogens (tertiary/aromatic N) is 2. The molecular formula is C15H19N5O2S. The van der Waals surface area contributed by atoms with Crippen LogP contribution in [0.5, 0.6) is 0 Å². The van der Waals surface area contributed by atoms with Gasteiger partial charge in [-0.3, -0.25) is 19.3 Å². The largest absolute Gasteiger partial charge is 0.355 e. The van der Waals surface area contributed by atoms with Crippen LogP contribution in [0, 0.1) is 11.7 Å². The molecule has 122 valence electrons. The smallest absolute Gasteiger partial charge is 0.240 e. The molecule has 0 atom stereocenters. The molecule has 3 N–H and O–H groups in total. The second kappa shape index (κ2) is 7.68. The molecule has 2 aromatic rings. The molecule has 0 spiro atoms. The zero-order valence-corrected chi connectivity index (χ0v) is 13.9. The van der Waals surface area contributed by atoms with Crippen LogP contribution >= 0.6 is 12.2 Å². The molecule has 2 rings (SSSR count). The molecule has 0 aliphatic heterocycles. The van der Waals surface area contributed by atoms with E-state index in [4.69, 9.17) is 12.2 Å². The van der Waals surface area contributed by atoms with Crippen molar-refractivity contribution in [3.8, 4) is 11.4 Å². The molecule has 0 aliphatic carbocycles. The summed E-state index contributed by atoms with van der Waals surface area (Å²) in [7, 11) is 0. The average molecular weight is 333 g/mol. The summed E-state index contributed by atoms with van der Waals surface area (Å²) in [5, 5.41) is 12.1. The van der Waals surface area contributed by atoms with Crippen molar-refractivity contribution in [1.29, 1.82) is 0 Å². The number of carbonyl (C=O) groups is 2. The topological polar surface area (TPSA) is 91.8 Å². The highest BCUT2D eigenvalue weighted by Crippen LogP contribution is 2.17. The van der Waals surface area contributed by atoms with E-state index < -0.39 is 0 Å². The predicted octanol–water partition coefficient (Wildman–Crippen LogP) is 1.17.